The summed E-state index contributed by atoms with van der Waals surface area (Å²) in [7, 11) is 1.07. The third-order valence-electron chi connectivity index (χ3n) is 2.86. The topological polar surface area (TPSA) is 79.5 Å². The Morgan fingerprint density at radius 2 is 2.35 bits per heavy atom. The van der Waals surface area contributed by atoms with Crippen molar-refractivity contribution in [3.05, 3.63) is 34.6 Å². The lowest BCUT2D eigenvalue weighted by molar-refractivity contribution is -0.144. The zero-order valence-electron chi connectivity index (χ0n) is 14.3. The van der Waals surface area contributed by atoms with Crippen molar-refractivity contribution in [1.29, 1.82) is 0 Å². The van der Waals surface area contributed by atoms with Crippen molar-refractivity contribution in [2.75, 3.05) is 13.5 Å². The second-order valence-corrected chi connectivity index (χ2v) is 5.05. The number of likely N-dealkylation sites (tertiary alicyclic amines) is 1. The minimum atomic E-state index is -2.95. The van der Waals surface area contributed by atoms with E-state index in [1.165, 1.54) is 6.07 Å². The Labute approximate surface area is 129 Å². The zero-order chi connectivity index (χ0) is 17.9. The minimum absolute atomic E-state index is 0.179. The third kappa shape index (κ3) is 2.03. The molecule has 1 N–H and O–H groups in total. The number of nitrogens with zero attached hydrogens (tertiary/aromatic N) is 3. The lowest BCUT2D eigenvalue weighted by atomic mass is 9.98. The summed E-state index contributed by atoms with van der Waals surface area (Å²) in [5.74, 6) is -1.63. The quantitative estimate of drug-likeness (QED) is 0.838. The van der Waals surface area contributed by atoms with Crippen molar-refractivity contribution >= 4 is 21.8 Å². The second kappa shape index (κ2) is 4.68. The van der Waals surface area contributed by atoms with E-state index in [1.54, 1.807) is 18.2 Å². The van der Waals surface area contributed by atoms with Crippen LogP contribution in [0.1, 0.15) is 17.6 Å². The van der Waals surface area contributed by atoms with E-state index in [1.807, 2.05) is 0 Å². The molecule has 20 heavy (non-hydrogen) atoms. The van der Waals surface area contributed by atoms with Crippen LogP contribution < -0.4 is 0 Å². The summed E-state index contributed by atoms with van der Waals surface area (Å²) in [5, 5.41) is 14.4. The average Bonchev–Trinajstić information content (AvgIpc) is 3.04. The highest BCUT2D eigenvalue weighted by atomic mass is 79.9. The molecule has 1 saturated heterocycles. The van der Waals surface area contributed by atoms with E-state index < -0.39 is 30.1 Å². The molecule has 1 aliphatic heterocycles. The first kappa shape index (κ1) is 9.25. The normalized spacial score (nSPS) is 30.6. The monoisotopic (exact) mass is 341 g/mol. The number of likely N-dealkylation sites (N-methyl/N-ethyl adjacent to an activating group) is 1. The van der Waals surface area contributed by atoms with E-state index in [9.17, 15) is 9.90 Å². The van der Waals surface area contributed by atoms with Crippen LogP contribution in [0.15, 0.2) is 33.4 Å². The van der Waals surface area contributed by atoms with Crippen LogP contribution in [-0.4, -0.2) is 39.6 Å². The van der Waals surface area contributed by atoms with Gasteiger partial charge in [-0.15, -0.1) is 0 Å². The molecule has 0 aliphatic carbocycles. The maximum absolute atomic E-state index is 12.3. The summed E-state index contributed by atoms with van der Waals surface area (Å²) in [6.45, 7) is -2.72. The first-order valence-electron chi connectivity index (χ1n) is 7.64. The Balaban J connectivity index is 2.11. The Kier molecular flexibility index (Phi) is 2.16. The maximum atomic E-state index is 12.3. The van der Waals surface area contributed by atoms with Gasteiger partial charge in [-0.1, -0.05) is 11.2 Å². The summed E-state index contributed by atoms with van der Waals surface area (Å²) in [6, 6.07) is 6.19. The highest BCUT2D eigenvalue weighted by Crippen LogP contribution is 2.34. The van der Waals surface area contributed by atoms with Gasteiger partial charge < -0.3 is 14.5 Å². The number of hydrogen-bond donors (Lipinski definition) is 1. The summed E-state index contributed by atoms with van der Waals surface area (Å²) in [5.41, 5.74) is -2.27. The van der Waals surface area contributed by atoms with Crippen molar-refractivity contribution in [1.82, 2.24) is 15.0 Å². The number of amides is 1. The Morgan fingerprint density at radius 1 is 1.55 bits per heavy atom. The molecule has 0 radical (unpaired) electrons. The van der Waals surface area contributed by atoms with Gasteiger partial charge in [-0.3, -0.25) is 4.79 Å². The SMILES string of the molecule is [2H]C1([2H])N(C)C(=O)[C@](O)(c2cc(-c3cccc(Br)n3)no2)C1([2H])[2H]. The van der Waals surface area contributed by atoms with Gasteiger partial charge in [-0.05, 0) is 28.1 Å². The van der Waals surface area contributed by atoms with Crippen LogP contribution in [0.4, 0.5) is 0 Å². The van der Waals surface area contributed by atoms with Gasteiger partial charge in [0, 0.05) is 31.5 Å². The van der Waals surface area contributed by atoms with Gasteiger partial charge in [0.1, 0.15) is 10.3 Å². The maximum Gasteiger partial charge on any atom is 0.262 e. The van der Waals surface area contributed by atoms with Gasteiger partial charge in [0.15, 0.2) is 5.76 Å². The van der Waals surface area contributed by atoms with Crippen LogP contribution in [-0.2, 0) is 10.4 Å². The first-order valence-corrected chi connectivity index (χ1v) is 6.43. The number of halogens is 1. The Hall–Kier alpha value is -1.73. The molecule has 0 spiro atoms. The lowest BCUT2D eigenvalue weighted by Gasteiger charge is -2.16. The molecule has 0 bridgehead atoms. The minimum Gasteiger partial charge on any atom is -0.373 e. The van der Waals surface area contributed by atoms with E-state index >= 15 is 0 Å². The fourth-order valence-electron chi connectivity index (χ4n) is 1.80. The zero-order valence-corrected chi connectivity index (χ0v) is 11.9. The van der Waals surface area contributed by atoms with Gasteiger partial charge in [0.2, 0.25) is 5.60 Å². The molecule has 104 valence electrons. The van der Waals surface area contributed by atoms with Crippen LogP contribution >= 0.6 is 15.9 Å². The average molecular weight is 342 g/mol. The Bertz CT molecular complexity index is 828. The van der Waals surface area contributed by atoms with Gasteiger partial charge in [0.05, 0.1) is 5.69 Å². The van der Waals surface area contributed by atoms with Crippen molar-refractivity contribution in [3.8, 4) is 11.4 Å². The van der Waals surface area contributed by atoms with E-state index in [2.05, 4.69) is 26.1 Å². The van der Waals surface area contributed by atoms with Gasteiger partial charge in [-0.25, -0.2) is 4.98 Å². The molecule has 0 unspecified atom stereocenters. The summed E-state index contributed by atoms with van der Waals surface area (Å²) in [6.07, 6.45) is -2.95. The largest absolute Gasteiger partial charge is 0.373 e. The standard InChI is InChI=1S/C13H12BrN3O3/c1-17-6-5-13(19,12(17)18)10-7-9(16-20-10)8-3-2-4-11(14)15-8/h2-4,7,19H,5-6H2,1H3/t13-/m1/s1/i5D2,6D2. The van der Waals surface area contributed by atoms with Crippen molar-refractivity contribution in [2.24, 2.45) is 0 Å². The van der Waals surface area contributed by atoms with Crippen LogP contribution in [0.3, 0.4) is 0 Å². The summed E-state index contributed by atoms with van der Waals surface area (Å²) in [4.78, 5) is 17.0. The number of carbonyl (C=O) groups excluding carboxylic acids is 1. The highest BCUT2D eigenvalue weighted by Gasteiger charge is 2.48. The van der Waals surface area contributed by atoms with E-state index in [0.29, 0.717) is 15.2 Å². The first-order chi connectivity index (χ1) is 11.0. The molecule has 6 nitrogen and oxygen atoms in total. The molecule has 3 rings (SSSR count). The summed E-state index contributed by atoms with van der Waals surface area (Å²) >= 11 is 3.20. The molecule has 0 aromatic carbocycles. The van der Waals surface area contributed by atoms with Crippen molar-refractivity contribution < 1.29 is 19.9 Å². The molecule has 3 heterocycles. The number of carbonyl (C=O) groups is 1. The second-order valence-electron chi connectivity index (χ2n) is 4.23. The number of aliphatic hydroxyl groups is 1. The third-order valence-corrected chi connectivity index (χ3v) is 3.30. The molecular weight excluding hydrogens is 326 g/mol. The van der Waals surface area contributed by atoms with Crippen LogP contribution in [0.5, 0.6) is 0 Å². The number of hydrogen-bond acceptors (Lipinski definition) is 5. The molecule has 1 aliphatic rings. The van der Waals surface area contributed by atoms with Crippen LogP contribution in [0.2, 0.25) is 0 Å². The molecule has 0 saturated carbocycles. The molecule has 2 aromatic heterocycles. The Morgan fingerprint density at radius 3 is 3.00 bits per heavy atom. The lowest BCUT2D eigenvalue weighted by Crippen LogP contribution is -2.35. The number of rotatable bonds is 2. The van der Waals surface area contributed by atoms with Crippen molar-refractivity contribution in [3.63, 3.8) is 0 Å². The van der Waals surface area contributed by atoms with Crippen molar-refractivity contribution in [2.45, 2.75) is 12.0 Å². The molecule has 7 heteroatoms. The molecule has 1 amide bonds. The number of aromatic nitrogens is 2. The number of pyridine rings is 1. The van der Waals surface area contributed by atoms with Crippen LogP contribution in [0.25, 0.3) is 11.4 Å². The van der Waals surface area contributed by atoms with E-state index in [0.717, 1.165) is 7.05 Å². The van der Waals surface area contributed by atoms with Crippen LogP contribution in [0, 0.1) is 0 Å². The fourth-order valence-corrected chi connectivity index (χ4v) is 2.14. The highest BCUT2D eigenvalue weighted by molar-refractivity contribution is 9.10. The van der Waals surface area contributed by atoms with Gasteiger partial charge in [0.25, 0.3) is 5.91 Å². The van der Waals surface area contributed by atoms with Gasteiger partial charge >= 0.3 is 0 Å². The van der Waals surface area contributed by atoms with E-state index in [4.69, 9.17) is 10.0 Å². The van der Waals surface area contributed by atoms with E-state index in [-0.39, 0.29) is 5.69 Å². The molecule has 1 atom stereocenters. The predicted molar refractivity (Wildman–Crippen MR) is 73.6 cm³/mol. The molecule has 1 fully saturated rings. The fraction of sp³-hybridized carbons (Fsp3) is 0.308. The smallest absolute Gasteiger partial charge is 0.262 e. The summed E-state index contributed by atoms with van der Waals surface area (Å²) < 4.78 is 37.0. The van der Waals surface area contributed by atoms with Gasteiger partial charge in [-0.2, -0.15) is 0 Å². The molecule has 2 aromatic rings. The predicted octanol–water partition coefficient (Wildman–Crippen LogP) is 1.55. The molecular formula is C13H12BrN3O3.